The van der Waals surface area contributed by atoms with Crippen LogP contribution < -0.4 is 4.74 Å². The Kier molecular flexibility index (Phi) is 9.39. The molecule has 0 amide bonds. The Morgan fingerprint density at radius 2 is 1.55 bits per heavy atom. The number of rotatable bonds is 14. The molecule has 0 aliphatic heterocycles. The fourth-order valence-electron chi connectivity index (χ4n) is 4.12. The van der Waals surface area contributed by atoms with Crippen LogP contribution in [0.25, 0.3) is 5.52 Å². The van der Waals surface area contributed by atoms with Crippen LogP contribution in [0.2, 0.25) is 0 Å². The zero-order valence-corrected chi connectivity index (χ0v) is 21.1. The van der Waals surface area contributed by atoms with E-state index in [0.29, 0.717) is 34.1 Å². The number of sulfone groups is 1. The molecule has 0 saturated carbocycles. The highest BCUT2D eigenvalue weighted by molar-refractivity contribution is 7.91. The number of hydrogen-bond donors (Lipinski definition) is 0. The van der Waals surface area contributed by atoms with Crippen LogP contribution in [0.4, 0.5) is 0 Å². The number of aryl methyl sites for hydroxylation is 1. The highest BCUT2D eigenvalue weighted by Gasteiger charge is 2.25. The average Bonchev–Trinajstić information content (AvgIpc) is 3.23. The quantitative estimate of drug-likeness (QED) is 0.271. The van der Waals surface area contributed by atoms with Crippen molar-refractivity contribution in [2.24, 2.45) is 0 Å². The lowest BCUT2D eigenvalue weighted by molar-refractivity contribution is 0.229. The highest BCUT2D eigenvalue weighted by atomic mass is 32.2. The molecule has 0 spiro atoms. The average molecular weight is 471 g/mol. The van der Waals surface area contributed by atoms with Crippen molar-refractivity contribution in [3.05, 3.63) is 60.4 Å². The van der Waals surface area contributed by atoms with Gasteiger partial charge in [0.25, 0.3) is 0 Å². The zero-order chi connectivity index (χ0) is 23.7. The summed E-state index contributed by atoms with van der Waals surface area (Å²) in [5.74, 6) is 0.708. The van der Waals surface area contributed by atoms with Gasteiger partial charge in [-0.3, -0.25) is 0 Å². The lowest BCUT2D eigenvalue weighted by Crippen LogP contribution is -2.28. The lowest BCUT2D eigenvalue weighted by Gasteiger charge is -2.21. The van der Waals surface area contributed by atoms with Crippen molar-refractivity contribution >= 4 is 15.4 Å². The minimum absolute atomic E-state index is 0.298. The van der Waals surface area contributed by atoms with Gasteiger partial charge >= 0.3 is 0 Å². The van der Waals surface area contributed by atoms with Gasteiger partial charge in [-0.05, 0) is 80.7 Å². The van der Waals surface area contributed by atoms with E-state index in [1.165, 1.54) is 25.7 Å². The Bertz CT molecular complexity index is 1100. The molecule has 0 aliphatic rings. The van der Waals surface area contributed by atoms with Gasteiger partial charge in [-0.15, -0.1) is 0 Å². The fraction of sp³-hybridized carbons (Fsp3) is 0.481. The van der Waals surface area contributed by atoms with Crippen molar-refractivity contribution in [2.75, 3.05) is 26.2 Å². The summed E-state index contributed by atoms with van der Waals surface area (Å²) in [6.45, 7) is 10.4. The van der Waals surface area contributed by atoms with E-state index < -0.39 is 9.84 Å². The summed E-state index contributed by atoms with van der Waals surface area (Å²) in [4.78, 5) is 3.23. The molecule has 2 aromatic heterocycles. The van der Waals surface area contributed by atoms with Gasteiger partial charge in [0.05, 0.1) is 17.0 Å². The van der Waals surface area contributed by atoms with Crippen molar-refractivity contribution in [2.45, 2.75) is 69.1 Å². The van der Waals surface area contributed by atoms with Crippen LogP contribution in [0.3, 0.4) is 0 Å². The first kappa shape index (κ1) is 25.3. The zero-order valence-electron chi connectivity index (χ0n) is 20.3. The summed E-state index contributed by atoms with van der Waals surface area (Å²) in [5, 5.41) is 0. The molecule has 0 radical (unpaired) electrons. The normalized spacial score (nSPS) is 12.0. The van der Waals surface area contributed by atoms with Gasteiger partial charge in [0.15, 0.2) is 0 Å². The Hall–Kier alpha value is -2.31. The molecule has 1 aromatic carbocycles. The van der Waals surface area contributed by atoms with Crippen LogP contribution in [-0.4, -0.2) is 44.0 Å². The number of aromatic nitrogens is 1. The third-order valence-corrected chi connectivity index (χ3v) is 7.94. The number of nitrogens with zero attached hydrogens (tertiary/aromatic N) is 2. The molecular weight excluding hydrogens is 432 g/mol. The van der Waals surface area contributed by atoms with Gasteiger partial charge in [-0.2, -0.15) is 0 Å². The van der Waals surface area contributed by atoms with Crippen molar-refractivity contribution in [3.63, 3.8) is 0 Å². The maximum absolute atomic E-state index is 13.4. The predicted molar refractivity (Wildman–Crippen MR) is 135 cm³/mol. The van der Waals surface area contributed by atoms with Crippen LogP contribution in [0.15, 0.2) is 64.6 Å². The first-order valence-electron chi connectivity index (χ1n) is 12.3. The van der Waals surface area contributed by atoms with E-state index in [9.17, 15) is 8.42 Å². The summed E-state index contributed by atoms with van der Waals surface area (Å²) >= 11 is 0. The third-order valence-electron chi connectivity index (χ3n) is 6.04. The van der Waals surface area contributed by atoms with Crippen molar-refractivity contribution in [1.29, 1.82) is 0 Å². The topological polar surface area (TPSA) is 51.0 Å². The smallest absolute Gasteiger partial charge is 0.208 e. The molecule has 0 saturated heterocycles. The van der Waals surface area contributed by atoms with E-state index in [1.54, 1.807) is 24.3 Å². The van der Waals surface area contributed by atoms with E-state index in [-0.39, 0.29) is 0 Å². The van der Waals surface area contributed by atoms with Crippen LogP contribution in [-0.2, 0) is 16.3 Å². The van der Waals surface area contributed by atoms with Gasteiger partial charge in [-0.25, -0.2) is 8.42 Å². The van der Waals surface area contributed by atoms with Crippen molar-refractivity contribution in [1.82, 2.24) is 9.30 Å². The number of ether oxygens (including phenoxy) is 1. The second kappa shape index (κ2) is 12.2. The first-order chi connectivity index (χ1) is 16.0. The van der Waals surface area contributed by atoms with Crippen LogP contribution in [0.1, 0.15) is 58.4 Å². The van der Waals surface area contributed by atoms with E-state index in [4.69, 9.17) is 4.74 Å². The third kappa shape index (κ3) is 6.39. The summed E-state index contributed by atoms with van der Waals surface area (Å²) in [6, 6.07) is 12.5. The summed E-state index contributed by atoms with van der Waals surface area (Å²) in [7, 11) is -3.62. The molecule has 0 fully saturated rings. The lowest BCUT2D eigenvalue weighted by atomic mass is 10.2. The molecular formula is C27H38N2O3S. The highest BCUT2D eigenvalue weighted by Crippen LogP contribution is 2.31. The minimum atomic E-state index is -3.62. The largest absolute Gasteiger partial charge is 0.494 e. The van der Waals surface area contributed by atoms with E-state index >= 15 is 0 Å². The summed E-state index contributed by atoms with van der Waals surface area (Å²) in [5.41, 5.74) is 1.54. The molecule has 3 rings (SSSR count). The monoisotopic (exact) mass is 470 g/mol. The fourth-order valence-corrected chi connectivity index (χ4v) is 5.85. The van der Waals surface area contributed by atoms with Crippen molar-refractivity contribution in [3.8, 4) is 5.75 Å². The SMILES string of the molecule is CCCCN(CCCC)CCCOc1ccc(S(=O)(=O)c2c(CC)cn3ccccc23)cc1. The first-order valence-corrected chi connectivity index (χ1v) is 13.8. The van der Waals surface area contributed by atoms with Crippen LogP contribution in [0, 0.1) is 0 Å². The number of hydrogen-bond acceptors (Lipinski definition) is 4. The van der Waals surface area contributed by atoms with Gasteiger partial charge in [0.1, 0.15) is 10.6 Å². The molecule has 6 heteroatoms. The second-order valence-electron chi connectivity index (χ2n) is 8.56. The number of fused-ring (bicyclic) bond motifs is 1. The van der Waals surface area contributed by atoms with Crippen LogP contribution in [0.5, 0.6) is 5.75 Å². The maximum Gasteiger partial charge on any atom is 0.208 e. The Balaban J connectivity index is 1.63. The molecule has 0 bridgehead atoms. The number of pyridine rings is 1. The number of unbranched alkanes of at least 4 members (excludes halogenated alkanes) is 2. The molecule has 0 unspecified atom stereocenters. The van der Waals surface area contributed by atoms with Gasteiger partial charge in [0.2, 0.25) is 9.84 Å². The predicted octanol–water partition coefficient (Wildman–Crippen LogP) is 6.01. The van der Waals surface area contributed by atoms with Crippen LogP contribution >= 0.6 is 0 Å². The minimum Gasteiger partial charge on any atom is -0.494 e. The Labute approximate surface area is 199 Å². The second-order valence-corrected chi connectivity index (χ2v) is 10.4. The Morgan fingerprint density at radius 1 is 0.879 bits per heavy atom. The van der Waals surface area contributed by atoms with E-state index in [1.807, 2.05) is 41.9 Å². The van der Waals surface area contributed by atoms with E-state index in [2.05, 4.69) is 18.7 Å². The number of benzene rings is 1. The maximum atomic E-state index is 13.4. The molecule has 5 nitrogen and oxygen atoms in total. The Morgan fingerprint density at radius 3 is 2.18 bits per heavy atom. The van der Waals surface area contributed by atoms with Gasteiger partial charge in [-0.1, -0.05) is 39.7 Å². The standard InChI is InChI=1S/C27H38N2O3S/c1-4-7-17-28(18-8-5-2)19-11-21-32-24-13-15-25(16-14-24)33(30,31)27-23(6-3)22-29-20-10-9-12-26(27)29/h9-10,12-16,20,22H,4-8,11,17-19,21H2,1-3H3. The molecule has 33 heavy (non-hydrogen) atoms. The summed E-state index contributed by atoms with van der Waals surface area (Å²) < 4.78 is 34.7. The van der Waals surface area contributed by atoms with Crippen molar-refractivity contribution < 1.29 is 13.2 Å². The van der Waals surface area contributed by atoms with Gasteiger partial charge in [0, 0.05) is 18.9 Å². The molecule has 0 aliphatic carbocycles. The molecule has 3 aromatic rings. The molecule has 0 N–H and O–H groups in total. The van der Waals surface area contributed by atoms with E-state index in [0.717, 1.165) is 31.6 Å². The molecule has 0 atom stereocenters. The molecule has 2 heterocycles. The summed E-state index contributed by atoms with van der Waals surface area (Å²) in [6.07, 6.45) is 10.3. The van der Waals surface area contributed by atoms with Gasteiger partial charge < -0.3 is 14.0 Å². The molecule has 180 valence electrons.